The first-order valence-corrected chi connectivity index (χ1v) is 12.4. The Morgan fingerprint density at radius 2 is 1.92 bits per heavy atom. The summed E-state index contributed by atoms with van der Waals surface area (Å²) in [5.41, 5.74) is 2.78. The van der Waals surface area contributed by atoms with Gasteiger partial charge in [-0.15, -0.1) is 0 Å². The molecule has 0 spiro atoms. The molecule has 2 aromatic carbocycles. The Balaban J connectivity index is 1.92. The third-order valence-electron chi connectivity index (χ3n) is 5.99. The van der Waals surface area contributed by atoms with E-state index in [9.17, 15) is 19.7 Å². The van der Waals surface area contributed by atoms with E-state index in [0.29, 0.717) is 26.2 Å². The fourth-order valence-electron chi connectivity index (χ4n) is 4.15. The summed E-state index contributed by atoms with van der Waals surface area (Å²) in [6.07, 6.45) is 1.61. The number of non-ortho nitro benzene ring substituents is 1. The SMILES string of the molecule is CCOC(=O)C1=C(C)N=c2s/c(=C/c3cccc([N+](=O)[O-])c3)c(=O)n2[C@H]1c1ccc(C(C)(C)C)cc1. The predicted molar refractivity (Wildman–Crippen MR) is 139 cm³/mol. The van der Waals surface area contributed by atoms with Crippen molar-refractivity contribution >= 4 is 29.1 Å². The Bertz CT molecular complexity index is 1560. The van der Waals surface area contributed by atoms with Crippen LogP contribution < -0.4 is 14.9 Å². The fourth-order valence-corrected chi connectivity index (χ4v) is 5.20. The van der Waals surface area contributed by atoms with Gasteiger partial charge in [0.05, 0.1) is 33.4 Å². The van der Waals surface area contributed by atoms with Crippen LogP contribution in [0.15, 0.2) is 69.6 Å². The zero-order valence-corrected chi connectivity index (χ0v) is 21.6. The number of nitro groups is 1. The van der Waals surface area contributed by atoms with Crippen molar-refractivity contribution in [2.24, 2.45) is 4.99 Å². The van der Waals surface area contributed by atoms with Gasteiger partial charge in [0.25, 0.3) is 11.2 Å². The molecule has 1 aliphatic rings. The number of allylic oxidation sites excluding steroid dienone is 1. The van der Waals surface area contributed by atoms with Gasteiger partial charge in [-0.05, 0) is 42.0 Å². The van der Waals surface area contributed by atoms with Gasteiger partial charge in [-0.2, -0.15) is 0 Å². The minimum absolute atomic E-state index is 0.0546. The van der Waals surface area contributed by atoms with Gasteiger partial charge in [0.15, 0.2) is 4.80 Å². The van der Waals surface area contributed by atoms with Crippen molar-refractivity contribution in [2.75, 3.05) is 6.61 Å². The van der Waals surface area contributed by atoms with Gasteiger partial charge in [-0.1, -0.05) is 68.5 Å². The average molecular weight is 506 g/mol. The van der Waals surface area contributed by atoms with Gasteiger partial charge in [0.1, 0.15) is 0 Å². The second kappa shape index (κ2) is 9.66. The summed E-state index contributed by atoms with van der Waals surface area (Å²) in [6.45, 7) is 10.0. The Kier molecular flexibility index (Phi) is 6.77. The van der Waals surface area contributed by atoms with Crippen molar-refractivity contribution in [1.82, 2.24) is 4.57 Å². The van der Waals surface area contributed by atoms with E-state index in [2.05, 4.69) is 25.8 Å². The molecule has 0 radical (unpaired) electrons. The van der Waals surface area contributed by atoms with E-state index in [1.54, 1.807) is 32.1 Å². The average Bonchev–Trinajstić information content (AvgIpc) is 3.12. The van der Waals surface area contributed by atoms with Gasteiger partial charge < -0.3 is 4.74 Å². The van der Waals surface area contributed by atoms with Crippen LogP contribution in [-0.4, -0.2) is 22.1 Å². The number of rotatable bonds is 5. The Labute approximate surface area is 212 Å². The van der Waals surface area contributed by atoms with E-state index in [1.165, 1.54) is 28.0 Å². The number of nitrogens with zero attached hydrogens (tertiary/aromatic N) is 3. The molecule has 1 aromatic heterocycles. The highest BCUT2D eigenvalue weighted by atomic mass is 32.1. The van der Waals surface area contributed by atoms with Crippen molar-refractivity contribution in [3.8, 4) is 0 Å². The number of thiazole rings is 1. The molecule has 2 heterocycles. The van der Waals surface area contributed by atoms with Crippen molar-refractivity contribution in [1.29, 1.82) is 0 Å². The maximum absolute atomic E-state index is 13.7. The molecule has 1 aliphatic heterocycles. The molecular weight excluding hydrogens is 478 g/mol. The lowest BCUT2D eigenvalue weighted by molar-refractivity contribution is -0.384. The van der Waals surface area contributed by atoms with Gasteiger partial charge in [-0.25, -0.2) is 9.79 Å². The molecule has 36 heavy (non-hydrogen) atoms. The standard InChI is InChI=1S/C27H27N3O5S/c1-6-35-25(32)22-16(2)28-26-29(23(22)18-10-12-19(13-11-18)27(3,4)5)24(31)21(36-26)15-17-8-7-9-20(14-17)30(33)34/h7-15,23H,6H2,1-5H3/b21-15+/t23-/m0/s1. The molecule has 0 saturated carbocycles. The summed E-state index contributed by atoms with van der Waals surface area (Å²) in [4.78, 5) is 42.4. The number of ether oxygens (including phenoxy) is 1. The maximum Gasteiger partial charge on any atom is 0.338 e. The normalized spacial score (nSPS) is 15.9. The van der Waals surface area contributed by atoms with Crippen LogP contribution in [0.25, 0.3) is 6.08 Å². The van der Waals surface area contributed by atoms with Gasteiger partial charge in [0, 0.05) is 12.1 Å². The minimum Gasteiger partial charge on any atom is -0.463 e. The van der Waals surface area contributed by atoms with Crippen molar-refractivity contribution in [3.05, 3.63) is 106 Å². The number of aromatic nitrogens is 1. The van der Waals surface area contributed by atoms with Crippen molar-refractivity contribution in [3.63, 3.8) is 0 Å². The van der Waals surface area contributed by atoms with Crippen molar-refractivity contribution < 1.29 is 14.5 Å². The number of hydrogen-bond donors (Lipinski definition) is 0. The second-order valence-electron chi connectivity index (χ2n) is 9.53. The molecule has 0 fully saturated rings. The highest BCUT2D eigenvalue weighted by Gasteiger charge is 2.33. The minimum atomic E-state index is -0.707. The van der Waals surface area contributed by atoms with Gasteiger partial charge >= 0.3 is 5.97 Å². The zero-order chi connectivity index (χ0) is 26.2. The Morgan fingerprint density at radius 1 is 1.22 bits per heavy atom. The van der Waals surface area contributed by atoms with E-state index >= 15 is 0 Å². The molecule has 0 saturated heterocycles. The van der Waals surface area contributed by atoms with Crippen LogP contribution in [0.4, 0.5) is 5.69 Å². The molecule has 0 bridgehead atoms. The maximum atomic E-state index is 13.7. The number of esters is 1. The highest BCUT2D eigenvalue weighted by Crippen LogP contribution is 2.32. The second-order valence-corrected chi connectivity index (χ2v) is 10.5. The highest BCUT2D eigenvalue weighted by molar-refractivity contribution is 7.07. The van der Waals surface area contributed by atoms with Gasteiger partial charge in [-0.3, -0.25) is 19.5 Å². The number of hydrogen-bond acceptors (Lipinski definition) is 7. The number of carbonyl (C=O) groups excluding carboxylic acids is 1. The van der Waals surface area contributed by atoms with Crippen molar-refractivity contribution in [2.45, 2.75) is 46.1 Å². The zero-order valence-electron chi connectivity index (χ0n) is 20.8. The Hall–Kier alpha value is -3.85. The predicted octanol–water partition coefficient (Wildman–Crippen LogP) is 4.00. The molecule has 0 aliphatic carbocycles. The lowest BCUT2D eigenvalue weighted by Gasteiger charge is -2.26. The monoisotopic (exact) mass is 505 g/mol. The fraction of sp³-hybridized carbons (Fsp3) is 0.296. The lowest BCUT2D eigenvalue weighted by atomic mass is 9.85. The Morgan fingerprint density at radius 3 is 2.53 bits per heavy atom. The number of carbonyl (C=O) groups is 1. The molecule has 0 unspecified atom stereocenters. The molecular formula is C27H27N3O5S. The van der Waals surface area contributed by atoms with E-state index < -0.39 is 16.9 Å². The van der Waals surface area contributed by atoms with Crippen LogP contribution in [0.3, 0.4) is 0 Å². The molecule has 1 atom stereocenters. The first-order chi connectivity index (χ1) is 17.0. The summed E-state index contributed by atoms with van der Waals surface area (Å²) >= 11 is 1.18. The van der Waals surface area contributed by atoms with E-state index in [-0.39, 0.29) is 23.3 Å². The van der Waals surface area contributed by atoms with Crippen LogP contribution in [0.5, 0.6) is 0 Å². The largest absolute Gasteiger partial charge is 0.463 e. The molecule has 9 heteroatoms. The third kappa shape index (κ3) is 4.79. The van der Waals surface area contributed by atoms with Crippen LogP contribution in [0.1, 0.15) is 57.4 Å². The smallest absolute Gasteiger partial charge is 0.338 e. The summed E-state index contributed by atoms with van der Waals surface area (Å²) in [6, 6.07) is 13.3. The van der Waals surface area contributed by atoms with Gasteiger partial charge in [0.2, 0.25) is 0 Å². The van der Waals surface area contributed by atoms with E-state index in [4.69, 9.17) is 4.74 Å². The third-order valence-corrected chi connectivity index (χ3v) is 6.97. The molecule has 0 amide bonds. The lowest BCUT2D eigenvalue weighted by Crippen LogP contribution is -2.40. The molecule has 0 N–H and O–H groups in total. The summed E-state index contributed by atoms with van der Waals surface area (Å²) < 4.78 is 7.21. The summed E-state index contributed by atoms with van der Waals surface area (Å²) in [5.74, 6) is -0.517. The number of fused-ring (bicyclic) bond motifs is 1. The molecule has 4 rings (SSSR count). The summed E-state index contributed by atoms with van der Waals surface area (Å²) in [7, 11) is 0. The van der Waals surface area contributed by atoms with E-state index in [0.717, 1.165) is 11.1 Å². The first kappa shape index (κ1) is 25.2. The first-order valence-electron chi connectivity index (χ1n) is 11.6. The molecule has 8 nitrogen and oxygen atoms in total. The molecule has 186 valence electrons. The quantitative estimate of drug-likeness (QED) is 0.296. The van der Waals surface area contributed by atoms with E-state index in [1.807, 2.05) is 24.3 Å². The topological polar surface area (TPSA) is 104 Å². The van der Waals surface area contributed by atoms with Crippen LogP contribution in [0, 0.1) is 10.1 Å². The van der Waals surface area contributed by atoms with Crippen LogP contribution in [-0.2, 0) is 14.9 Å². The number of benzene rings is 2. The summed E-state index contributed by atoms with van der Waals surface area (Å²) in [5, 5.41) is 11.2. The number of nitro benzene ring substituents is 1. The molecule has 3 aromatic rings. The van der Waals surface area contributed by atoms with Crippen LogP contribution >= 0.6 is 11.3 Å². The van der Waals surface area contributed by atoms with Crippen LogP contribution in [0.2, 0.25) is 0 Å².